The van der Waals surface area contributed by atoms with E-state index in [1.165, 1.54) is 11.3 Å². The summed E-state index contributed by atoms with van der Waals surface area (Å²) in [5, 5.41) is 4.60. The molecular formula is C20H30N4O. The zero-order valence-corrected chi connectivity index (χ0v) is 15.9. The summed E-state index contributed by atoms with van der Waals surface area (Å²) in [4.78, 5) is 4.73. The molecule has 1 fully saturated rings. The summed E-state index contributed by atoms with van der Waals surface area (Å²) in [5.74, 6) is 0. The van der Waals surface area contributed by atoms with Crippen molar-refractivity contribution in [3.8, 4) is 5.69 Å². The van der Waals surface area contributed by atoms with Crippen molar-refractivity contribution in [3.63, 3.8) is 0 Å². The fourth-order valence-corrected chi connectivity index (χ4v) is 3.44. The first-order chi connectivity index (χ1) is 12.0. The van der Waals surface area contributed by atoms with Crippen molar-refractivity contribution in [2.75, 3.05) is 40.3 Å². The fourth-order valence-electron chi connectivity index (χ4n) is 3.44. The van der Waals surface area contributed by atoms with Gasteiger partial charge in [0.05, 0.1) is 24.1 Å². The minimum Gasteiger partial charge on any atom is -0.376 e. The Morgan fingerprint density at radius 3 is 2.80 bits per heavy atom. The number of aromatic nitrogens is 2. The maximum Gasteiger partial charge on any atom is 0.0714 e. The maximum atomic E-state index is 5.93. The number of aryl methyl sites for hydroxylation is 2. The van der Waals surface area contributed by atoms with Crippen LogP contribution in [0.3, 0.4) is 0 Å². The van der Waals surface area contributed by atoms with Gasteiger partial charge < -0.3 is 9.64 Å². The first-order valence-electron chi connectivity index (χ1n) is 9.12. The lowest BCUT2D eigenvalue weighted by Crippen LogP contribution is -2.42. The summed E-state index contributed by atoms with van der Waals surface area (Å²) in [6.45, 7) is 9.02. The summed E-state index contributed by atoms with van der Waals surface area (Å²) < 4.78 is 7.95. The van der Waals surface area contributed by atoms with Gasteiger partial charge in [-0.25, -0.2) is 4.68 Å². The van der Waals surface area contributed by atoms with Crippen LogP contribution in [0, 0.1) is 13.8 Å². The SMILES string of the molecule is Cc1cc(C)n(-c2cccc(CN3CCOC(CCN(C)C)C3)c2)n1. The van der Waals surface area contributed by atoms with Gasteiger partial charge in [0, 0.05) is 31.9 Å². The van der Waals surface area contributed by atoms with E-state index in [-0.39, 0.29) is 0 Å². The van der Waals surface area contributed by atoms with Gasteiger partial charge in [0.25, 0.3) is 0 Å². The summed E-state index contributed by atoms with van der Waals surface area (Å²) in [6, 6.07) is 10.8. The minimum absolute atomic E-state index is 0.343. The first kappa shape index (κ1) is 18.1. The van der Waals surface area contributed by atoms with Crippen LogP contribution in [0.25, 0.3) is 5.69 Å². The Morgan fingerprint density at radius 1 is 1.24 bits per heavy atom. The highest BCUT2D eigenvalue weighted by atomic mass is 16.5. The molecule has 1 aromatic heterocycles. The smallest absolute Gasteiger partial charge is 0.0714 e. The highest BCUT2D eigenvalue weighted by Gasteiger charge is 2.20. The van der Waals surface area contributed by atoms with E-state index in [4.69, 9.17) is 4.74 Å². The average Bonchev–Trinajstić information content (AvgIpc) is 2.92. The Balaban J connectivity index is 1.65. The van der Waals surface area contributed by atoms with E-state index >= 15 is 0 Å². The predicted molar refractivity (Wildman–Crippen MR) is 101 cm³/mol. The lowest BCUT2D eigenvalue weighted by molar-refractivity contribution is -0.0370. The third kappa shape index (κ3) is 4.91. The largest absolute Gasteiger partial charge is 0.376 e. The van der Waals surface area contributed by atoms with Crippen molar-refractivity contribution < 1.29 is 4.74 Å². The zero-order valence-electron chi connectivity index (χ0n) is 15.9. The molecule has 0 saturated carbocycles. The van der Waals surface area contributed by atoms with Crippen LogP contribution < -0.4 is 0 Å². The molecule has 1 saturated heterocycles. The number of hydrogen-bond donors (Lipinski definition) is 0. The molecule has 0 N–H and O–H groups in total. The zero-order chi connectivity index (χ0) is 17.8. The number of ether oxygens (including phenoxy) is 1. The minimum atomic E-state index is 0.343. The molecule has 5 nitrogen and oxygen atoms in total. The van der Waals surface area contributed by atoms with Gasteiger partial charge in [-0.05, 0) is 58.1 Å². The molecule has 25 heavy (non-hydrogen) atoms. The molecule has 0 radical (unpaired) electrons. The predicted octanol–water partition coefficient (Wildman–Crippen LogP) is 2.64. The molecule has 1 aliphatic heterocycles. The molecule has 1 atom stereocenters. The average molecular weight is 342 g/mol. The molecule has 3 rings (SSSR count). The second kappa shape index (κ2) is 8.13. The van der Waals surface area contributed by atoms with Gasteiger partial charge in [0.2, 0.25) is 0 Å². The topological polar surface area (TPSA) is 33.5 Å². The molecule has 1 unspecified atom stereocenters. The van der Waals surface area contributed by atoms with Gasteiger partial charge in [0.15, 0.2) is 0 Å². The Bertz CT molecular complexity index is 695. The van der Waals surface area contributed by atoms with E-state index in [0.29, 0.717) is 6.10 Å². The Hall–Kier alpha value is -1.69. The number of morpholine rings is 1. The number of hydrogen-bond acceptors (Lipinski definition) is 4. The van der Waals surface area contributed by atoms with E-state index in [1.54, 1.807) is 0 Å². The van der Waals surface area contributed by atoms with Crippen molar-refractivity contribution in [1.82, 2.24) is 19.6 Å². The highest BCUT2D eigenvalue weighted by molar-refractivity contribution is 5.37. The van der Waals surface area contributed by atoms with Crippen LogP contribution in [0.15, 0.2) is 30.3 Å². The Labute approximate surface area is 151 Å². The van der Waals surface area contributed by atoms with Crippen molar-refractivity contribution >= 4 is 0 Å². The molecule has 0 amide bonds. The fraction of sp³-hybridized carbons (Fsp3) is 0.550. The van der Waals surface area contributed by atoms with Crippen LogP contribution >= 0.6 is 0 Å². The van der Waals surface area contributed by atoms with Gasteiger partial charge in [0.1, 0.15) is 0 Å². The second-order valence-electron chi connectivity index (χ2n) is 7.33. The van der Waals surface area contributed by atoms with Crippen LogP contribution in [-0.4, -0.2) is 66.0 Å². The normalized spacial score (nSPS) is 18.8. The third-order valence-corrected chi connectivity index (χ3v) is 4.69. The number of rotatable bonds is 6. The number of benzene rings is 1. The molecule has 2 aromatic rings. The van der Waals surface area contributed by atoms with Crippen molar-refractivity contribution in [2.45, 2.75) is 32.9 Å². The van der Waals surface area contributed by atoms with E-state index in [2.05, 4.69) is 66.2 Å². The van der Waals surface area contributed by atoms with Crippen molar-refractivity contribution in [2.24, 2.45) is 0 Å². The molecule has 5 heteroatoms. The Morgan fingerprint density at radius 2 is 2.08 bits per heavy atom. The third-order valence-electron chi connectivity index (χ3n) is 4.69. The lowest BCUT2D eigenvalue weighted by atomic mass is 10.1. The van der Waals surface area contributed by atoms with E-state index in [1.807, 2.05) is 11.6 Å². The van der Waals surface area contributed by atoms with Crippen LogP contribution in [0.4, 0.5) is 0 Å². The maximum absolute atomic E-state index is 5.93. The second-order valence-corrected chi connectivity index (χ2v) is 7.33. The lowest BCUT2D eigenvalue weighted by Gasteiger charge is -2.33. The van der Waals surface area contributed by atoms with Gasteiger partial charge in [-0.15, -0.1) is 0 Å². The molecule has 1 aromatic carbocycles. The van der Waals surface area contributed by atoms with Gasteiger partial charge in [-0.2, -0.15) is 5.10 Å². The van der Waals surface area contributed by atoms with E-state index in [0.717, 1.165) is 50.6 Å². The summed E-state index contributed by atoms with van der Waals surface area (Å²) in [7, 11) is 4.23. The molecular weight excluding hydrogens is 312 g/mol. The summed E-state index contributed by atoms with van der Waals surface area (Å²) >= 11 is 0. The molecule has 0 bridgehead atoms. The number of nitrogens with zero attached hydrogens (tertiary/aromatic N) is 4. The van der Waals surface area contributed by atoms with Crippen LogP contribution in [-0.2, 0) is 11.3 Å². The van der Waals surface area contributed by atoms with Gasteiger partial charge in [-0.3, -0.25) is 4.90 Å². The summed E-state index contributed by atoms with van der Waals surface area (Å²) in [6.07, 6.45) is 1.44. The standard InChI is InChI=1S/C20H30N4O/c1-16-12-17(2)24(21-16)19-7-5-6-18(13-19)14-23-10-11-25-20(15-23)8-9-22(3)4/h5-7,12-13,20H,8-11,14-15H2,1-4H3. The van der Waals surface area contributed by atoms with Gasteiger partial charge >= 0.3 is 0 Å². The van der Waals surface area contributed by atoms with Crippen molar-refractivity contribution in [1.29, 1.82) is 0 Å². The Kier molecular flexibility index (Phi) is 5.89. The van der Waals surface area contributed by atoms with Crippen molar-refractivity contribution in [3.05, 3.63) is 47.3 Å². The van der Waals surface area contributed by atoms with Crippen LogP contribution in [0.1, 0.15) is 23.4 Å². The van der Waals surface area contributed by atoms with Gasteiger partial charge in [-0.1, -0.05) is 12.1 Å². The van der Waals surface area contributed by atoms with E-state index < -0.39 is 0 Å². The molecule has 0 spiro atoms. The molecule has 1 aliphatic rings. The molecule has 0 aliphatic carbocycles. The van der Waals surface area contributed by atoms with Crippen LogP contribution in [0.5, 0.6) is 0 Å². The highest BCUT2D eigenvalue weighted by Crippen LogP contribution is 2.17. The molecule has 2 heterocycles. The first-order valence-corrected chi connectivity index (χ1v) is 9.12. The quantitative estimate of drug-likeness (QED) is 0.808. The van der Waals surface area contributed by atoms with Crippen LogP contribution in [0.2, 0.25) is 0 Å². The van der Waals surface area contributed by atoms with E-state index in [9.17, 15) is 0 Å². The summed E-state index contributed by atoms with van der Waals surface area (Å²) in [5.41, 5.74) is 4.70. The monoisotopic (exact) mass is 342 g/mol. The molecule has 136 valence electrons.